The fourth-order valence-electron chi connectivity index (χ4n) is 1.23. The molecule has 0 aliphatic rings. The van der Waals surface area contributed by atoms with Crippen molar-refractivity contribution in [2.45, 2.75) is 46.1 Å². The summed E-state index contributed by atoms with van der Waals surface area (Å²) in [7, 11) is 0. The van der Waals surface area contributed by atoms with Crippen molar-refractivity contribution in [3.8, 4) is 0 Å². The van der Waals surface area contributed by atoms with Gasteiger partial charge in [0.1, 0.15) is 0 Å². The van der Waals surface area contributed by atoms with E-state index in [9.17, 15) is 4.79 Å². The number of amides is 1. The van der Waals surface area contributed by atoms with E-state index in [0.717, 1.165) is 5.69 Å². The van der Waals surface area contributed by atoms with Crippen LogP contribution >= 0.6 is 0 Å². The van der Waals surface area contributed by atoms with E-state index in [1.54, 1.807) is 0 Å². The molecule has 0 aliphatic carbocycles. The Morgan fingerprint density at radius 3 is 2.59 bits per heavy atom. The Hall–Kier alpha value is -1.36. The average Bonchev–Trinajstić information content (AvgIpc) is 2.62. The molecule has 3 N–H and O–H groups in total. The van der Waals surface area contributed by atoms with Crippen molar-refractivity contribution in [3.05, 3.63) is 11.8 Å². The number of carbonyl (C=O) groups excluding carboxylic acids is 1. The van der Waals surface area contributed by atoms with E-state index < -0.39 is 0 Å². The molecule has 0 radical (unpaired) electrons. The van der Waals surface area contributed by atoms with Gasteiger partial charge in [-0.3, -0.25) is 9.89 Å². The second-order valence-corrected chi connectivity index (χ2v) is 5.51. The average molecular weight is 238 g/mol. The minimum atomic E-state index is -0.0817. The second-order valence-electron chi connectivity index (χ2n) is 5.51. The molecule has 0 bridgehead atoms. The highest BCUT2D eigenvalue weighted by molar-refractivity contribution is 5.91. The largest absolute Gasteiger partial charge is 0.308 e. The van der Waals surface area contributed by atoms with Crippen molar-refractivity contribution in [3.63, 3.8) is 0 Å². The van der Waals surface area contributed by atoms with E-state index >= 15 is 0 Å². The van der Waals surface area contributed by atoms with E-state index in [1.165, 1.54) is 0 Å². The lowest BCUT2D eigenvalue weighted by Crippen LogP contribution is -2.41. The van der Waals surface area contributed by atoms with Crippen LogP contribution in [0.5, 0.6) is 0 Å². The molecule has 0 atom stereocenters. The van der Waals surface area contributed by atoms with Crippen molar-refractivity contribution >= 4 is 11.7 Å². The molecule has 0 fully saturated rings. The van der Waals surface area contributed by atoms with E-state index in [0.29, 0.717) is 11.7 Å². The zero-order chi connectivity index (χ0) is 13.1. The topological polar surface area (TPSA) is 69.8 Å². The number of hydrogen-bond donors (Lipinski definition) is 3. The fourth-order valence-corrected chi connectivity index (χ4v) is 1.23. The molecular formula is C12H22N4O. The van der Waals surface area contributed by atoms with Gasteiger partial charge >= 0.3 is 0 Å². The highest BCUT2D eigenvalue weighted by Gasteiger charge is 2.12. The first-order valence-corrected chi connectivity index (χ1v) is 5.88. The van der Waals surface area contributed by atoms with Crippen LogP contribution in [0, 0.1) is 0 Å². The smallest absolute Gasteiger partial charge is 0.239 e. The summed E-state index contributed by atoms with van der Waals surface area (Å²) in [6.07, 6.45) is 0. The summed E-state index contributed by atoms with van der Waals surface area (Å²) in [6.45, 7) is 10.5. The SMILES string of the molecule is CC(C)c1cc(NC(=O)CNC(C)(C)C)n[nH]1. The first-order chi connectivity index (χ1) is 7.78. The summed E-state index contributed by atoms with van der Waals surface area (Å²) >= 11 is 0. The van der Waals surface area contributed by atoms with Crippen molar-refractivity contribution < 1.29 is 4.79 Å². The molecule has 0 aromatic carbocycles. The van der Waals surface area contributed by atoms with Crippen molar-refractivity contribution in [1.82, 2.24) is 15.5 Å². The predicted octanol–water partition coefficient (Wildman–Crippen LogP) is 1.86. The number of nitrogens with one attached hydrogen (secondary N) is 3. The number of hydrogen-bond acceptors (Lipinski definition) is 3. The standard InChI is InChI=1S/C12H22N4O/c1-8(2)9-6-10(16-15-9)14-11(17)7-13-12(3,4)5/h6,8,13H,7H2,1-5H3,(H2,14,15,16,17). The maximum absolute atomic E-state index is 11.6. The molecule has 5 heteroatoms. The van der Waals surface area contributed by atoms with E-state index in [-0.39, 0.29) is 18.0 Å². The molecule has 1 rings (SSSR count). The number of rotatable bonds is 4. The van der Waals surface area contributed by atoms with Gasteiger partial charge in [-0.15, -0.1) is 0 Å². The van der Waals surface area contributed by atoms with Crippen LogP contribution in [0.2, 0.25) is 0 Å². The van der Waals surface area contributed by atoms with Gasteiger partial charge in [0, 0.05) is 17.3 Å². The maximum atomic E-state index is 11.6. The van der Waals surface area contributed by atoms with Gasteiger partial charge in [-0.05, 0) is 26.7 Å². The van der Waals surface area contributed by atoms with Crippen LogP contribution in [0.1, 0.15) is 46.2 Å². The minimum absolute atomic E-state index is 0.0635. The Balaban J connectivity index is 2.45. The quantitative estimate of drug-likeness (QED) is 0.750. The molecule has 17 heavy (non-hydrogen) atoms. The Kier molecular flexibility index (Phi) is 4.28. The molecule has 0 aliphatic heterocycles. The van der Waals surface area contributed by atoms with Gasteiger partial charge < -0.3 is 10.6 Å². The van der Waals surface area contributed by atoms with E-state index in [4.69, 9.17) is 0 Å². The van der Waals surface area contributed by atoms with Crippen LogP contribution in [-0.4, -0.2) is 28.2 Å². The van der Waals surface area contributed by atoms with Gasteiger partial charge in [0.25, 0.3) is 0 Å². The molecule has 0 spiro atoms. The van der Waals surface area contributed by atoms with Gasteiger partial charge in [0.15, 0.2) is 5.82 Å². The first-order valence-electron chi connectivity index (χ1n) is 5.88. The Morgan fingerprint density at radius 1 is 1.47 bits per heavy atom. The van der Waals surface area contributed by atoms with Gasteiger partial charge in [-0.1, -0.05) is 13.8 Å². The van der Waals surface area contributed by atoms with Gasteiger partial charge in [0.2, 0.25) is 5.91 Å². The lowest BCUT2D eigenvalue weighted by atomic mass is 10.1. The molecule has 1 heterocycles. The fraction of sp³-hybridized carbons (Fsp3) is 0.667. The predicted molar refractivity (Wildman–Crippen MR) is 69.1 cm³/mol. The summed E-state index contributed by atoms with van der Waals surface area (Å²) < 4.78 is 0. The highest BCUT2D eigenvalue weighted by atomic mass is 16.2. The zero-order valence-corrected chi connectivity index (χ0v) is 11.2. The summed E-state index contributed by atoms with van der Waals surface area (Å²) in [5.41, 5.74) is 0.954. The van der Waals surface area contributed by atoms with Gasteiger partial charge in [-0.25, -0.2) is 0 Å². The minimum Gasteiger partial charge on any atom is -0.308 e. The van der Waals surface area contributed by atoms with E-state index in [1.807, 2.05) is 26.8 Å². The van der Waals surface area contributed by atoms with Gasteiger partial charge in [-0.2, -0.15) is 5.10 Å². The lowest BCUT2D eigenvalue weighted by molar-refractivity contribution is -0.115. The number of carbonyl (C=O) groups is 1. The van der Waals surface area contributed by atoms with Crippen LogP contribution in [0.15, 0.2) is 6.07 Å². The summed E-state index contributed by atoms with van der Waals surface area (Å²) in [5, 5.41) is 12.8. The summed E-state index contributed by atoms with van der Waals surface area (Å²) in [4.78, 5) is 11.6. The number of nitrogens with zero attached hydrogens (tertiary/aromatic N) is 1. The molecule has 5 nitrogen and oxygen atoms in total. The molecule has 1 aromatic rings. The molecule has 96 valence electrons. The van der Waals surface area contributed by atoms with Crippen LogP contribution < -0.4 is 10.6 Å². The number of H-pyrrole nitrogens is 1. The van der Waals surface area contributed by atoms with Crippen molar-refractivity contribution in [2.75, 3.05) is 11.9 Å². The van der Waals surface area contributed by atoms with Crippen LogP contribution in [0.3, 0.4) is 0 Å². The Labute approximate surface area is 102 Å². The third-order valence-electron chi connectivity index (χ3n) is 2.27. The number of anilines is 1. The maximum Gasteiger partial charge on any atom is 0.239 e. The molecule has 1 aromatic heterocycles. The normalized spacial score (nSPS) is 11.9. The summed E-state index contributed by atoms with van der Waals surface area (Å²) in [5.74, 6) is 0.872. The van der Waals surface area contributed by atoms with Crippen LogP contribution in [-0.2, 0) is 4.79 Å². The zero-order valence-electron chi connectivity index (χ0n) is 11.2. The Bertz CT molecular complexity index is 376. The monoisotopic (exact) mass is 238 g/mol. The first kappa shape index (κ1) is 13.7. The van der Waals surface area contributed by atoms with Crippen LogP contribution in [0.25, 0.3) is 0 Å². The van der Waals surface area contributed by atoms with Crippen molar-refractivity contribution in [1.29, 1.82) is 0 Å². The second kappa shape index (κ2) is 5.31. The van der Waals surface area contributed by atoms with E-state index in [2.05, 4.69) is 34.7 Å². The summed E-state index contributed by atoms with van der Waals surface area (Å²) in [6, 6.07) is 1.86. The van der Waals surface area contributed by atoms with Crippen LogP contribution in [0.4, 0.5) is 5.82 Å². The number of aromatic amines is 1. The van der Waals surface area contributed by atoms with Gasteiger partial charge in [0.05, 0.1) is 6.54 Å². The third kappa shape index (κ3) is 4.99. The molecule has 0 saturated heterocycles. The molecule has 0 saturated carbocycles. The number of aromatic nitrogens is 2. The highest BCUT2D eigenvalue weighted by Crippen LogP contribution is 2.14. The molecule has 0 unspecified atom stereocenters. The molecular weight excluding hydrogens is 216 g/mol. The molecule has 1 amide bonds. The Morgan fingerprint density at radius 2 is 2.12 bits per heavy atom. The third-order valence-corrected chi connectivity index (χ3v) is 2.27. The lowest BCUT2D eigenvalue weighted by Gasteiger charge is -2.19. The van der Waals surface area contributed by atoms with Crippen molar-refractivity contribution in [2.24, 2.45) is 0 Å².